The molecule has 0 saturated heterocycles. The summed E-state index contributed by atoms with van der Waals surface area (Å²) in [5, 5.41) is 3.47. The van der Waals surface area contributed by atoms with Crippen LogP contribution in [-0.4, -0.2) is 28.1 Å². The minimum absolute atomic E-state index is 0.00633. The molecule has 3 aromatic rings. The number of hydrogen-bond acceptors (Lipinski definition) is 3. The average Bonchev–Trinajstić information content (AvgIpc) is 3.45. The maximum atomic E-state index is 13.6. The highest BCUT2D eigenvalue weighted by atomic mass is 35.5. The van der Waals surface area contributed by atoms with E-state index in [9.17, 15) is 31.9 Å². The highest BCUT2D eigenvalue weighted by Crippen LogP contribution is 2.65. The predicted octanol–water partition coefficient (Wildman–Crippen LogP) is 8.89. The number of ketones is 1. The summed E-state index contributed by atoms with van der Waals surface area (Å²) >= 11 is 36.7. The summed E-state index contributed by atoms with van der Waals surface area (Å²) in [5.41, 5.74) is 0.413. The van der Waals surface area contributed by atoms with Gasteiger partial charge in [-0.25, -0.2) is 4.39 Å². The molecular weight excluding hydrogens is 677 g/mol. The van der Waals surface area contributed by atoms with Gasteiger partial charge in [0.15, 0.2) is 5.78 Å². The van der Waals surface area contributed by atoms with Crippen LogP contribution in [0.2, 0.25) is 20.1 Å². The van der Waals surface area contributed by atoms with Crippen LogP contribution < -0.4 is 10.6 Å². The second kappa shape index (κ2) is 11.8. The Kier molecular flexibility index (Phi) is 9.10. The van der Waals surface area contributed by atoms with Gasteiger partial charge in [0.2, 0.25) is 5.91 Å². The molecule has 1 aliphatic carbocycles. The molecule has 0 spiro atoms. The van der Waals surface area contributed by atoms with Gasteiger partial charge < -0.3 is 10.6 Å². The number of anilines is 2. The Morgan fingerprint density at radius 1 is 0.829 bits per heavy atom. The third kappa shape index (κ3) is 6.87. The number of carbonyl (C=O) groups excluding carboxylic acids is 3. The Morgan fingerprint density at radius 2 is 1.46 bits per heavy atom. The van der Waals surface area contributed by atoms with Crippen LogP contribution in [0, 0.1) is 11.7 Å². The summed E-state index contributed by atoms with van der Waals surface area (Å²) in [6.45, 7) is 0. The van der Waals surface area contributed by atoms with Crippen molar-refractivity contribution in [3.05, 3.63) is 91.1 Å². The van der Waals surface area contributed by atoms with Gasteiger partial charge in [0, 0.05) is 23.6 Å². The molecule has 15 heteroatoms. The summed E-state index contributed by atoms with van der Waals surface area (Å²) in [7, 11) is 0. The van der Waals surface area contributed by atoms with Gasteiger partial charge in [-0.1, -0.05) is 52.5 Å². The van der Waals surface area contributed by atoms with Crippen LogP contribution >= 0.6 is 69.6 Å². The fraction of sp³-hybridized carbons (Fsp3) is 0.192. The number of benzene rings is 3. The van der Waals surface area contributed by atoms with Gasteiger partial charge in [-0.3, -0.25) is 14.4 Å². The average molecular weight is 691 g/mol. The van der Waals surface area contributed by atoms with E-state index in [0.717, 1.165) is 6.07 Å². The second-order valence-corrected chi connectivity index (χ2v) is 12.0. The lowest BCUT2D eigenvalue weighted by molar-refractivity contribution is -0.167. The first-order valence-electron chi connectivity index (χ1n) is 11.3. The molecule has 2 N–H and O–H groups in total. The molecule has 41 heavy (non-hydrogen) atoms. The zero-order valence-corrected chi connectivity index (χ0v) is 24.5. The van der Waals surface area contributed by atoms with Crippen molar-refractivity contribution in [1.29, 1.82) is 0 Å². The van der Waals surface area contributed by atoms with E-state index in [-0.39, 0.29) is 43.3 Å². The van der Waals surface area contributed by atoms with Crippen molar-refractivity contribution in [2.75, 3.05) is 10.6 Å². The minimum Gasteiger partial charge on any atom is -0.326 e. The van der Waals surface area contributed by atoms with Crippen LogP contribution in [0.15, 0.2) is 48.5 Å². The van der Waals surface area contributed by atoms with E-state index in [2.05, 4.69) is 5.32 Å². The fourth-order valence-corrected chi connectivity index (χ4v) is 5.99. The molecule has 2 atom stereocenters. The zero-order chi connectivity index (χ0) is 30.4. The number of Topliss-reactive ketones (excluding diaryl/α,β-unsaturated/α-hetero) is 1. The van der Waals surface area contributed by atoms with E-state index in [4.69, 9.17) is 69.6 Å². The van der Waals surface area contributed by atoms with Crippen molar-refractivity contribution in [3.8, 4) is 0 Å². The summed E-state index contributed by atoms with van der Waals surface area (Å²) in [6, 6.07) is 10.4. The summed E-state index contributed by atoms with van der Waals surface area (Å²) in [6.07, 6.45) is -5.49. The Bertz CT molecular complexity index is 1560. The maximum absolute atomic E-state index is 13.6. The summed E-state index contributed by atoms with van der Waals surface area (Å²) in [4.78, 5) is 37.3. The zero-order valence-electron chi connectivity index (χ0n) is 20.0. The highest BCUT2D eigenvalue weighted by Gasteiger charge is 2.67. The third-order valence-electron chi connectivity index (χ3n) is 6.14. The van der Waals surface area contributed by atoms with Gasteiger partial charge in [0.1, 0.15) is 10.2 Å². The van der Waals surface area contributed by atoms with Crippen molar-refractivity contribution < 1.29 is 31.9 Å². The standard InChI is InChI=1S/C26H14Cl6F4N2O3/c27-14-3-2-12(37-23(40)21-20(25(21,31)32)11-1-4-18(33)15(28)8-11)9-13(14)19(39)7-10-5-16(29)22(17(30)6-10)38-24(41)26(34,35)36/h1-6,8-9,20-21H,7H2,(H,37,40)(H,38,41). The van der Waals surface area contributed by atoms with Gasteiger partial charge in [-0.05, 0) is 53.6 Å². The number of halogens is 10. The molecule has 0 heterocycles. The van der Waals surface area contributed by atoms with Crippen molar-refractivity contribution in [1.82, 2.24) is 0 Å². The molecule has 1 fully saturated rings. The molecule has 216 valence electrons. The van der Waals surface area contributed by atoms with Gasteiger partial charge in [0.05, 0.1) is 31.7 Å². The Balaban J connectivity index is 1.49. The van der Waals surface area contributed by atoms with Crippen LogP contribution in [-0.2, 0) is 16.0 Å². The van der Waals surface area contributed by atoms with E-state index >= 15 is 0 Å². The van der Waals surface area contributed by atoms with E-state index in [0.29, 0.717) is 5.56 Å². The van der Waals surface area contributed by atoms with Crippen molar-refractivity contribution in [2.45, 2.75) is 22.8 Å². The number of nitrogens with one attached hydrogen (secondary N) is 2. The molecule has 1 saturated carbocycles. The van der Waals surface area contributed by atoms with Crippen LogP contribution in [0.25, 0.3) is 0 Å². The van der Waals surface area contributed by atoms with Crippen molar-refractivity contribution in [3.63, 3.8) is 0 Å². The molecule has 0 aromatic heterocycles. The van der Waals surface area contributed by atoms with Gasteiger partial charge in [-0.15, -0.1) is 23.2 Å². The number of hydrogen-bond donors (Lipinski definition) is 2. The van der Waals surface area contributed by atoms with Crippen LogP contribution in [0.4, 0.5) is 28.9 Å². The smallest absolute Gasteiger partial charge is 0.326 e. The quantitative estimate of drug-likeness (QED) is 0.148. The third-order valence-corrected chi connectivity index (χ3v) is 8.29. The second-order valence-electron chi connectivity index (χ2n) is 8.97. The summed E-state index contributed by atoms with van der Waals surface area (Å²) in [5.74, 6) is -5.61. The van der Waals surface area contributed by atoms with E-state index < -0.39 is 51.4 Å². The molecule has 2 amide bonds. The Hall–Kier alpha value is -2.27. The van der Waals surface area contributed by atoms with Gasteiger partial charge in [-0.2, -0.15) is 13.2 Å². The molecule has 1 aliphatic rings. The molecule has 0 aliphatic heterocycles. The number of amides is 2. The first kappa shape index (κ1) is 31.7. The summed E-state index contributed by atoms with van der Waals surface area (Å²) < 4.78 is 49.8. The number of carbonyl (C=O) groups is 3. The monoisotopic (exact) mass is 688 g/mol. The lowest BCUT2D eigenvalue weighted by Crippen LogP contribution is -2.30. The van der Waals surface area contributed by atoms with E-state index in [1.165, 1.54) is 42.5 Å². The van der Waals surface area contributed by atoms with Crippen molar-refractivity contribution in [2.24, 2.45) is 5.92 Å². The molecule has 0 bridgehead atoms. The Labute approximate surface area is 260 Å². The number of alkyl halides is 5. The minimum atomic E-state index is -5.16. The van der Waals surface area contributed by atoms with E-state index in [1.54, 1.807) is 5.32 Å². The maximum Gasteiger partial charge on any atom is 0.471 e. The number of rotatable bonds is 7. The Morgan fingerprint density at radius 3 is 2.05 bits per heavy atom. The molecular formula is C26H14Cl6F4N2O3. The molecule has 4 rings (SSSR count). The molecule has 2 unspecified atom stereocenters. The first-order valence-corrected chi connectivity index (χ1v) is 13.6. The lowest BCUT2D eigenvalue weighted by atomic mass is 10.0. The predicted molar refractivity (Wildman–Crippen MR) is 151 cm³/mol. The van der Waals surface area contributed by atoms with E-state index in [1.807, 2.05) is 0 Å². The van der Waals surface area contributed by atoms with Crippen molar-refractivity contribution >= 4 is 98.6 Å². The molecule has 5 nitrogen and oxygen atoms in total. The highest BCUT2D eigenvalue weighted by molar-refractivity contribution is 6.53. The SMILES string of the molecule is O=C(Cc1cc(Cl)c(NC(=O)C(F)(F)F)c(Cl)c1)c1cc(NC(=O)C2C(c3ccc(F)c(Cl)c3)C2(Cl)Cl)ccc1Cl. The van der Waals surface area contributed by atoms with Crippen LogP contribution in [0.5, 0.6) is 0 Å². The topological polar surface area (TPSA) is 75.3 Å². The van der Waals surface area contributed by atoms with Crippen LogP contribution in [0.3, 0.4) is 0 Å². The molecule has 0 radical (unpaired) electrons. The fourth-order valence-electron chi connectivity index (χ4n) is 4.12. The van der Waals surface area contributed by atoms with Gasteiger partial charge >= 0.3 is 12.1 Å². The molecule has 3 aromatic carbocycles. The van der Waals surface area contributed by atoms with Crippen LogP contribution in [0.1, 0.15) is 27.4 Å². The van der Waals surface area contributed by atoms with Gasteiger partial charge in [0.25, 0.3) is 0 Å². The lowest BCUT2D eigenvalue weighted by Gasteiger charge is -2.13. The normalized spacial score (nSPS) is 17.6. The first-order chi connectivity index (χ1) is 19.0. The largest absolute Gasteiger partial charge is 0.471 e.